The summed E-state index contributed by atoms with van der Waals surface area (Å²) in [5.41, 5.74) is 5.82. The number of nitrogens with two attached hydrogens (primary N) is 1. The summed E-state index contributed by atoms with van der Waals surface area (Å²) in [6.07, 6.45) is 6.96. The molecule has 1 heterocycles. The van der Waals surface area contributed by atoms with Crippen LogP contribution < -0.4 is 11.1 Å². The molecule has 0 aromatic carbocycles. The minimum absolute atomic E-state index is 0.0733. The normalized spacial score (nSPS) is 19.0. The van der Waals surface area contributed by atoms with Crippen molar-refractivity contribution in [3.05, 3.63) is 24.2 Å². The van der Waals surface area contributed by atoms with Crippen LogP contribution in [0.25, 0.3) is 0 Å². The number of rotatable bonds is 6. The lowest BCUT2D eigenvalue weighted by molar-refractivity contribution is -0.123. The van der Waals surface area contributed by atoms with Crippen molar-refractivity contribution in [3.8, 4) is 0 Å². The van der Waals surface area contributed by atoms with Crippen molar-refractivity contribution < 1.29 is 9.21 Å². The molecular weight excluding hydrogens is 228 g/mol. The molecule has 4 heteroatoms. The van der Waals surface area contributed by atoms with E-state index in [1.807, 2.05) is 19.1 Å². The Kier molecular flexibility index (Phi) is 4.07. The van der Waals surface area contributed by atoms with Crippen LogP contribution in [0.4, 0.5) is 0 Å². The molecule has 1 atom stereocenters. The molecular formula is C14H22N2O2. The van der Waals surface area contributed by atoms with E-state index < -0.39 is 0 Å². The maximum absolute atomic E-state index is 11.8. The molecule has 1 aromatic rings. The molecule has 18 heavy (non-hydrogen) atoms. The Morgan fingerprint density at radius 3 is 2.94 bits per heavy atom. The smallest absolute Gasteiger partial charge is 0.222 e. The van der Waals surface area contributed by atoms with Gasteiger partial charge in [-0.15, -0.1) is 0 Å². The van der Waals surface area contributed by atoms with Gasteiger partial charge in [0.2, 0.25) is 5.91 Å². The van der Waals surface area contributed by atoms with Crippen LogP contribution in [0.2, 0.25) is 0 Å². The zero-order chi connectivity index (χ0) is 13.0. The van der Waals surface area contributed by atoms with Gasteiger partial charge in [-0.1, -0.05) is 0 Å². The van der Waals surface area contributed by atoms with E-state index in [2.05, 4.69) is 5.32 Å². The minimum Gasteiger partial charge on any atom is -0.469 e. The Morgan fingerprint density at radius 2 is 2.39 bits per heavy atom. The third-order valence-corrected chi connectivity index (χ3v) is 3.67. The first-order valence-electron chi connectivity index (χ1n) is 6.68. The number of carbonyl (C=O) groups excluding carboxylic acids is 1. The van der Waals surface area contributed by atoms with Crippen LogP contribution in [0.1, 0.15) is 44.8 Å². The highest BCUT2D eigenvalue weighted by Crippen LogP contribution is 2.31. The van der Waals surface area contributed by atoms with E-state index in [4.69, 9.17) is 10.2 Å². The molecule has 0 saturated heterocycles. The standard InChI is InChI=1S/C14H22N2O2/c1-11(5-6-12-4-2-9-18-12)16-13(17)10-14(15)7-3-8-14/h2,4,9,11H,3,5-8,10,15H2,1H3,(H,16,17). The average Bonchev–Trinajstić information content (AvgIpc) is 2.76. The first-order chi connectivity index (χ1) is 8.57. The summed E-state index contributed by atoms with van der Waals surface area (Å²) in [4.78, 5) is 11.8. The minimum atomic E-state index is -0.231. The number of amides is 1. The van der Waals surface area contributed by atoms with E-state index in [-0.39, 0.29) is 17.5 Å². The molecule has 1 unspecified atom stereocenters. The molecule has 1 aromatic heterocycles. The van der Waals surface area contributed by atoms with Crippen molar-refractivity contribution in [2.75, 3.05) is 0 Å². The number of hydrogen-bond acceptors (Lipinski definition) is 3. The fourth-order valence-corrected chi connectivity index (χ4v) is 2.34. The van der Waals surface area contributed by atoms with Gasteiger partial charge >= 0.3 is 0 Å². The second kappa shape index (κ2) is 5.57. The van der Waals surface area contributed by atoms with Gasteiger partial charge in [0.1, 0.15) is 5.76 Å². The number of aryl methyl sites for hydroxylation is 1. The molecule has 2 rings (SSSR count). The molecule has 1 aliphatic carbocycles. The summed E-state index contributed by atoms with van der Waals surface area (Å²) in [6, 6.07) is 4.00. The molecule has 0 radical (unpaired) electrons. The first-order valence-corrected chi connectivity index (χ1v) is 6.68. The van der Waals surface area contributed by atoms with Crippen molar-refractivity contribution in [2.45, 2.75) is 57.0 Å². The number of carbonyl (C=O) groups is 1. The zero-order valence-corrected chi connectivity index (χ0v) is 10.9. The van der Waals surface area contributed by atoms with Gasteiger partial charge in [-0.2, -0.15) is 0 Å². The van der Waals surface area contributed by atoms with Crippen molar-refractivity contribution in [1.82, 2.24) is 5.32 Å². The van der Waals surface area contributed by atoms with Crippen molar-refractivity contribution in [3.63, 3.8) is 0 Å². The molecule has 1 fully saturated rings. The third-order valence-electron chi connectivity index (χ3n) is 3.67. The molecule has 0 bridgehead atoms. The van der Waals surface area contributed by atoms with E-state index in [0.29, 0.717) is 6.42 Å². The fraction of sp³-hybridized carbons (Fsp3) is 0.643. The predicted octanol–water partition coefficient (Wildman–Crippen LogP) is 1.99. The Hall–Kier alpha value is -1.29. The molecule has 0 spiro atoms. The summed E-state index contributed by atoms with van der Waals surface area (Å²) in [5.74, 6) is 1.04. The third kappa shape index (κ3) is 3.60. The van der Waals surface area contributed by atoms with Crippen LogP contribution in [0, 0.1) is 0 Å². The van der Waals surface area contributed by atoms with Gasteiger partial charge in [0.25, 0.3) is 0 Å². The van der Waals surface area contributed by atoms with E-state index in [0.717, 1.165) is 37.9 Å². The Morgan fingerprint density at radius 1 is 1.61 bits per heavy atom. The Labute approximate surface area is 108 Å². The van der Waals surface area contributed by atoms with E-state index in [9.17, 15) is 4.79 Å². The number of furan rings is 1. The second-order valence-corrected chi connectivity index (χ2v) is 5.48. The molecule has 1 amide bonds. The number of hydrogen-bond donors (Lipinski definition) is 2. The fourth-order valence-electron chi connectivity index (χ4n) is 2.34. The lowest BCUT2D eigenvalue weighted by Crippen LogP contribution is -2.50. The predicted molar refractivity (Wildman–Crippen MR) is 70.0 cm³/mol. The van der Waals surface area contributed by atoms with Gasteiger partial charge in [-0.05, 0) is 44.7 Å². The molecule has 100 valence electrons. The van der Waals surface area contributed by atoms with Crippen molar-refractivity contribution >= 4 is 5.91 Å². The van der Waals surface area contributed by atoms with Crippen molar-refractivity contribution in [1.29, 1.82) is 0 Å². The van der Waals surface area contributed by atoms with Gasteiger partial charge in [-0.25, -0.2) is 0 Å². The van der Waals surface area contributed by atoms with Gasteiger partial charge in [0.15, 0.2) is 0 Å². The monoisotopic (exact) mass is 250 g/mol. The molecule has 1 aliphatic rings. The van der Waals surface area contributed by atoms with E-state index in [1.54, 1.807) is 6.26 Å². The SMILES string of the molecule is CC(CCc1ccco1)NC(=O)CC1(N)CCC1. The molecule has 1 saturated carbocycles. The number of nitrogens with one attached hydrogen (secondary N) is 1. The van der Waals surface area contributed by atoms with Gasteiger partial charge < -0.3 is 15.5 Å². The van der Waals surface area contributed by atoms with Crippen LogP contribution in [0.5, 0.6) is 0 Å². The van der Waals surface area contributed by atoms with Crippen LogP contribution >= 0.6 is 0 Å². The summed E-state index contributed by atoms with van der Waals surface area (Å²) < 4.78 is 5.26. The molecule has 0 aliphatic heterocycles. The summed E-state index contributed by atoms with van der Waals surface area (Å²) in [6.45, 7) is 2.02. The largest absolute Gasteiger partial charge is 0.469 e. The average molecular weight is 250 g/mol. The Bertz CT molecular complexity index is 383. The molecule has 4 nitrogen and oxygen atoms in total. The lowest BCUT2D eigenvalue weighted by atomic mass is 9.75. The second-order valence-electron chi connectivity index (χ2n) is 5.48. The van der Waals surface area contributed by atoms with Crippen LogP contribution in [0.3, 0.4) is 0 Å². The Balaban J connectivity index is 1.67. The maximum Gasteiger partial charge on any atom is 0.222 e. The van der Waals surface area contributed by atoms with Gasteiger partial charge in [-0.3, -0.25) is 4.79 Å². The highest BCUT2D eigenvalue weighted by Gasteiger charge is 2.34. The quantitative estimate of drug-likeness (QED) is 0.811. The maximum atomic E-state index is 11.8. The highest BCUT2D eigenvalue weighted by atomic mass is 16.3. The van der Waals surface area contributed by atoms with Crippen molar-refractivity contribution in [2.24, 2.45) is 5.73 Å². The van der Waals surface area contributed by atoms with Gasteiger partial charge in [0, 0.05) is 24.4 Å². The van der Waals surface area contributed by atoms with E-state index >= 15 is 0 Å². The zero-order valence-electron chi connectivity index (χ0n) is 10.9. The van der Waals surface area contributed by atoms with Crippen LogP contribution in [-0.4, -0.2) is 17.5 Å². The van der Waals surface area contributed by atoms with Gasteiger partial charge in [0.05, 0.1) is 6.26 Å². The summed E-state index contributed by atoms with van der Waals surface area (Å²) in [5, 5.41) is 3.01. The van der Waals surface area contributed by atoms with Crippen LogP contribution in [0.15, 0.2) is 22.8 Å². The molecule has 3 N–H and O–H groups in total. The summed E-state index contributed by atoms with van der Waals surface area (Å²) >= 11 is 0. The van der Waals surface area contributed by atoms with Crippen LogP contribution in [-0.2, 0) is 11.2 Å². The highest BCUT2D eigenvalue weighted by molar-refractivity contribution is 5.77. The first kappa shape index (κ1) is 13.1. The lowest BCUT2D eigenvalue weighted by Gasteiger charge is -2.37. The van der Waals surface area contributed by atoms with E-state index in [1.165, 1.54) is 0 Å². The topological polar surface area (TPSA) is 68.3 Å². The summed E-state index contributed by atoms with van der Waals surface area (Å²) in [7, 11) is 0.